The van der Waals surface area contributed by atoms with Crippen LogP contribution in [-0.2, 0) is 9.84 Å². The Morgan fingerprint density at radius 3 is 2.35 bits per heavy atom. The van der Waals surface area contributed by atoms with Crippen molar-refractivity contribution in [2.75, 3.05) is 6.26 Å². The maximum Gasteiger partial charge on any atom is 0.340 e. The molecule has 7 nitrogen and oxygen atoms in total. The van der Waals surface area contributed by atoms with Gasteiger partial charge >= 0.3 is 5.97 Å². The third kappa shape index (κ3) is 2.66. The summed E-state index contributed by atoms with van der Waals surface area (Å²) >= 11 is 0. The summed E-state index contributed by atoms with van der Waals surface area (Å²) in [7, 11) is -3.56. The number of hydrogen-bond donors (Lipinski definition) is 1. The molecule has 1 aromatic carbocycles. The molecule has 3 aromatic rings. The van der Waals surface area contributed by atoms with Gasteiger partial charge in [0, 0.05) is 11.8 Å². The zero-order valence-corrected chi connectivity index (χ0v) is 12.6. The maximum atomic E-state index is 13.0. The Morgan fingerprint density at radius 2 is 1.78 bits per heavy atom. The predicted molar refractivity (Wildman–Crippen MR) is 78.5 cm³/mol. The zero-order valence-electron chi connectivity index (χ0n) is 11.8. The lowest BCUT2D eigenvalue weighted by atomic mass is 10.1. The van der Waals surface area contributed by atoms with E-state index in [1.807, 2.05) is 0 Å². The molecule has 0 aliphatic carbocycles. The Hall–Kier alpha value is -2.81. The summed E-state index contributed by atoms with van der Waals surface area (Å²) < 4.78 is 37.1. The van der Waals surface area contributed by atoms with Gasteiger partial charge in [0.1, 0.15) is 22.6 Å². The largest absolute Gasteiger partial charge is 0.478 e. The fourth-order valence-corrected chi connectivity index (χ4v) is 2.68. The van der Waals surface area contributed by atoms with Gasteiger partial charge in [-0.3, -0.25) is 0 Å². The van der Waals surface area contributed by atoms with Crippen LogP contribution in [0.15, 0.2) is 41.4 Å². The molecule has 0 atom stereocenters. The van der Waals surface area contributed by atoms with Crippen molar-refractivity contribution in [3.63, 3.8) is 0 Å². The van der Waals surface area contributed by atoms with Gasteiger partial charge in [-0.15, -0.1) is 14.8 Å². The standard InChI is InChI=1S/C14H10FN3O4S/c1-23(21,22)11-7-6-10-12(14(19)20)13(17-18(10)16-11)8-2-4-9(15)5-3-8/h2-7H,1H3,(H,19,20). The number of nitrogens with zero attached hydrogens (tertiary/aromatic N) is 3. The monoisotopic (exact) mass is 335 g/mol. The maximum absolute atomic E-state index is 13.0. The summed E-state index contributed by atoms with van der Waals surface area (Å²) in [6, 6.07) is 7.68. The van der Waals surface area contributed by atoms with Crippen LogP contribution >= 0.6 is 0 Å². The summed E-state index contributed by atoms with van der Waals surface area (Å²) in [5, 5.41) is 17.1. The summed E-state index contributed by atoms with van der Waals surface area (Å²) in [6.07, 6.45) is 0.990. The number of halogens is 1. The first-order valence-corrected chi connectivity index (χ1v) is 8.26. The van der Waals surface area contributed by atoms with Crippen LogP contribution in [0.1, 0.15) is 10.4 Å². The topological polar surface area (TPSA) is 102 Å². The highest BCUT2D eigenvalue weighted by atomic mass is 32.2. The van der Waals surface area contributed by atoms with Crippen LogP contribution < -0.4 is 0 Å². The van der Waals surface area contributed by atoms with Crippen molar-refractivity contribution in [2.45, 2.75) is 5.03 Å². The van der Waals surface area contributed by atoms with Gasteiger partial charge in [0.05, 0.1) is 0 Å². The molecule has 0 bridgehead atoms. The highest BCUT2D eigenvalue weighted by molar-refractivity contribution is 7.90. The number of carbonyl (C=O) groups is 1. The number of sulfone groups is 1. The lowest BCUT2D eigenvalue weighted by Crippen LogP contribution is -2.05. The third-order valence-electron chi connectivity index (χ3n) is 3.19. The Balaban J connectivity index is 2.31. The molecule has 0 radical (unpaired) electrons. The first-order valence-electron chi connectivity index (χ1n) is 6.37. The average Bonchev–Trinajstić information content (AvgIpc) is 2.85. The molecule has 0 saturated heterocycles. The lowest BCUT2D eigenvalue weighted by molar-refractivity contribution is 0.0699. The van der Waals surface area contributed by atoms with Crippen LogP contribution in [0.25, 0.3) is 16.8 Å². The number of carboxylic acid groups (broad SMARTS) is 1. The molecule has 0 aliphatic heterocycles. The van der Waals surface area contributed by atoms with E-state index < -0.39 is 21.6 Å². The molecule has 2 aromatic heterocycles. The molecule has 23 heavy (non-hydrogen) atoms. The number of aromatic nitrogens is 3. The van der Waals surface area contributed by atoms with E-state index in [1.54, 1.807) is 0 Å². The Bertz CT molecular complexity index is 1030. The van der Waals surface area contributed by atoms with Gasteiger partial charge in [-0.05, 0) is 36.4 Å². The normalized spacial score (nSPS) is 11.7. The van der Waals surface area contributed by atoms with Gasteiger partial charge in [0.15, 0.2) is 14.9 Å². The number of rotatable bonds is 3. The highest BCUT2D eigenvalue weighted by Gasteiger charge is 2.22. The molecule has 0 spiro atoms. The van der Waals surface area contributed by atoms with Crippen molar-refractivity contribution in [3.05, 3.63) is 47.8 Å². The molecule has 3 rings (SSSR count). The smallest absolute Gasteiger partial charge is 0.340 e. The molecule has 0 saturated carbocycles. The highest BCUT2D eigenvalue weighted by Crippen LogP contribution is 2.26. The number of fused-ring (bicyclic) bond motifs is 1. The predicted octanol–water partition coefficient (Wildman–Crippen LogP) is 1.64. The van der Waals surface area contributed by atoms with E-state index in [0.29, 0.717) is 5.56 Å². The van der Waals surface area contributed by atoms with Crippen LogP contribution in [0.5, 0.6) is 0 Å². The second-order valence-electron chi connectivity index (χ2n) is 4.85. The Labute approximate surface area is 129 Å². The van der Waals surface area contributed by atoms with E-state index in [9.17, 15) is 22.7 Å². The first-order chi connectivity index (χ1) is 10.8. The van der Waals surface area contributed by atoms with Crippen molar-refractivity contribution >= 4 is 21.3 Å². The molecule has 0 fully saturated rings. The van der Waals surface area contributed by atoms with Gasteiger partial charge in [-0.25, -0.2) is 17.6 Å². The number of aromatic carboxylic acids is 1. The molecule has 0 aliphatic rings. The summed E-state index contributed by atoms with van der Waals surface area (Å²) in [6.45, 7) is 0. The van der Waals surface area contributed by atoms with Crippen molar-refractivity contribution in [2.24, 2.45) is 0 Å². The summed E-state index contributed by atoms with van der Waals surface area (Å²) in [5.74, 6) is -1.71. The molecule has 0 amide bonds. The van der Waals surface area contributed by atoms with E-state index in [0.717, 1.165) is 10.9 Å². The minimum atomic E-state index is -3.56. The molecular formula is C14H10FN3O4S. The molecule has 9 heteroatoms. The van der Waals surface area contributed by atoms with Crippen molar-refractivity contribution in [3.8, 4) is 11.3 Å². The molecule has 118 valence electrons. The first kappa shape index (κ1) is 15.1. The number of benzene rings is 1. The quantitative estimate of drug-likeness (QED) is 0.781. The van der Waals surface area contributed by atoms with E-state index in [4.69, 9.17) is 0 Å². The van der Waals surface area contributed by atoms with Crippen molar-refractivity contribution in [1.29, 1.82) is 0 Å². The van der Waals surface area contributed by atoms with Crippen LogP contribution in [0.3, 0.4) is 0 Å². The minimum Gasteiger partial charge on any atom is -0.478 e. The van der Waals surface area contributed by atoms with Crippen LogP contribution in [0.2, 0.25) is 0 Å². The Morgan fingerprint density at radius 1 is 1.13 bits per heavy atom. The average molecular weight is 335 g/mol. The van der Waals surface area contributed by atoms with E-state index >= 15 is 0 Å². The minimum absolute atomic E-state index is 0.0793. The number of hydrogen-bond acceptors (Lipinski definition) is 5. The van der Waals surface area contributed by atoms with Crippen LogP contribution in [-0.4, -0.2) is 40.6 Å². The molecule has 1 N–H and O–H groups in total. The van der Waals surface area contributed by atoms with E-state index in [1.165, 1.54) is 36.4 Å². The van der Waals surface area contributed by atoms with E-state index in [2.05, 4.69) is 10.2 Å². The van der Waals surface area contributed by atoms with Gasteiger partial charge in [-0.1, -0.05) is 0 Å². The third-order valence-corrected chi connectivity index (χ3v) is 4.17. The zero-order chi connectivity index (χ0) is 16.8. The van der Waals surface area contributed by atoms with Gasteiger partial charge in [0.25, 0.3) is 0 Å². The SMILES string of the molecule is CS(=O)(=O)c1ccc2c(C(=O)O)c(-c3ccc(F)cc3)nn2n1. The van der Waals surface area contributed by atoms with Gasteiger partial charge in [0.2, 0.25) is 0 Å². The van der Waals surface area contributed by atoms with Gasteiger partial charge < -0.3 is 5.11 Å². The van der Waals surface area contributed by atoms with Crippen LogP contribution in [0, 0.1) is 5.82 Å². The van der Waals surface area contributed by atoms with E-state index in [-0.39, 0.29) is 21.8 Å². The second kappa shape index (κ2) is 5.13. The second-order valence-corrected chi connectivity index (χ2v) is 6.82. The lowest BCUT2D eigenvalue weighted by Gasteiger charge is -1.98. The van der Waals surface area contributed by atoms with Gasteiger partial charge in [-0.2, -0.15) is 0 Å². The van der Waals surface area contributed by atoms with Crippen molar-refractivity contribution < 1.29 is 22.7 Å². The molecule has 2 heterocycles. The molecular weight excluding hydrogens is 325 g/mol. The Kier molecular flexibility index (Phi) is 3.37. The molecule has 0 unspecified atom stereocenters. The summed E-state index contributed by atoms with van der Waals surface area (Å²) in [5.41, 5.74) is 0.472. The number of carboxylic acids is 1. The summed E-state index contributed by atoms with van der Waals surface area (Å²) in [4.78, 5) is 11.5. The fraction of sp³-hybridized carbons (Fsp3) is 0.0714. The fourth-order valence-electron chi connectivity index (χ4n) is 2.14. The van der Waals surface area contributed by atoms with Crippen LogP contribution in [0.4, 0.5) is 4.39 Å². The van der Waals surface area contributed by atoms with Crippen molar-refractivity contribution in [1.82, 2.24) is 14.8 Å².